The van der Waals surface area contributed by atoms with Gasteiger partial charge in [-0.3, -0.25) is 77.3 Å². The molecule has 582 valence electrons. The molecule has 0 radical (unpaired) electrons. The van der Waals surface area contributed by atoms with Gasteiger partial charge in [0.05, 0.1) is 23.9 Å². The highest BCUT2D eigenvalue weighted by Crippen LogP contribution is 2.32. The van der Waals surface area contributed by atoms with Gasteiger partial charge in [-0.05, 0) is 74.3 Å². The number of amides is 8. The van der Waals surface area contributed by atoms with Crippen LogP contribution in [-0.2, 0) is 97.6 Å². The first-order valence-corrected chi connectivity index (χ1v) is 38.5. The fraction of sp³-hybridized carbons (Fsp3) is 0.453. The number of nitrogens with one attached hydrogen (secondary N) is 12. The van der Waals surface area contributed by atoms with Crippen LogP contribution in [0.3, 0.4) is 0 Å². The van der Waals surface area contributed by atoms with Crippen LogP contribution in [0, 0.1) is 29.1 Å². The topological polar surface area (TPSA) is 523 Å². The second-order valence-electron chi connectivity index (χ2n) is 27.6. The second kappa shape index (κ2) is 40.8. The van der Waals surface area contributed by atoms with Crippen molar-refractivity contribution in [2.75, 3.05) is 11.5 Å². The Hall–Kier alpha value is -11.0. The van der Waals surface area contributed by atoms with Crippen molar-refractivity contribution in [3.8, 4) is 0 Å². The van der Waals surface area contributed by atoms with Crippen molar-refractivity contribution in [2.45, 2.75) is 178 Å². The molecule has 2 bridgehead atoms. The number of fused-ring (bicyclic) bond motifs is 7. The van der Waals surface area contributed by atoms with Gasteiger partial charge in [0.2, 0.25) is 47.3 Å². The van der Waals surface area contributed by atoms with Crippen molar-refractivity contribution in [1.82, 2.24) is 62.5 Å². The molecule has 2 aliphatic heterocycles. The number of carboxylic acids is 3. The molecule has 34 heteroatoms. The number of H-pyrrole nitrogens is 3. The third kappa shape index (κ3) is 25.6. The third-order valence-electron chi connectivity index (χ3n) is 19.2. The average molecular weight is 1540 g/mol. The number of para-hydroxylation sites is 2. The molecule has 8 amide bonds. The van der Waals surface area contributed by atoms with Crippen molar-refractivity contribution in [3.05, 3.63) is 126 Å². The predicted octanol–water partition coefficient (Wildman–Crippen LogP) is 3.36. The number of ketones is 4. The van der Waals surface area contributed by atoms with Gasteiger partial charge in [-0.15, -0.1) is 0 Å². The SMILES string of the molecule is C[C@@H]1CC(=O)[C@@H]2CSSC[C@H](NC(=O)[C@H](Cc3c[nH]c4ccccc34)NC(=O)[C@H](CCC(=O)O)NC(=O)[C@H](CCC(=O)O)NC(=O)[C@H](CCC(=O)O)CC1=O)C(=O)N[C@@H](C)C(=O)N[C@@H](Cc1c[nH]cn1)C(=O)N[C@H](Cc1ccccc1)C(=O)N[C@@H](CCCCC(=N)N)C(=O)C[C@@H](Cc1c[nH]c3ccccc13)C(=O)C2. The monoisotopic (exact) mass is 1540 g/mol. The summed E-state index contributed by atoms with van der Waals surface area (Å²) in [6.07, 6.45) is -0.709. The van der Waals surface area contributed by atoms with Crippen LogP contribution in [0.4, 0.5) is 0 Å². The van der Waals surface area contributed by atoms with Crippen LogP contribution < -0.4 is 48.3 Å². The van der Waals surface area contributed by atoms with Gasteiger partial charge in [0.25, 0.3) is 0 Å². The Morgan fingerprint density at radius 1 is 0.459 bits per heavy atom. The molecule has 109 heavy (non-hydrogen) atoms. The zero-order chi connectivity index (χ0) is 78.8. The summed E-state index contributed by atoms with van der Waals surface area (Å²) >= 11 is 0. The summed E-state index contributed by atoms with van der Waals surface area (Å²) in [5.74, 6) is -21.3. The number of aromatic amines is 3. The van der Waals surface area contributed by atoms with Gasteiger partial charge < -0.3 is 78.5 Å². The maximum atomic E-state index is 15.6. The van der Waals surface area contributed by atoms with Gasteiger partial charge in [-0.25, -0.2) is 4.98 Å². The number of carbonyl (C=O) groups is 15. The molecular formula is C75H92N14O18S2. The molecule has 8 rings (SSSR count). The van der Waals surface area contributed by atoms with Crippen LogP contribution in [0.15, 0.2) is 104 Å². The molecule has 0 saturated carbocycles. The van der Waals surface area contributed by atoms with E-state index in [1.165, 1.54) is 26.4 Å². The molecule has 17 N–H and O–H groups in total. The lowest BCUT2D eigenvalue weighted by molar-refractivity contribution is -0.141. The zero-order valence-corrected chi connectivity index (χ0v) is 61.8. The van der Waals surface area contributed by atoms with Crippen LogP contribution in [0.25, 0.3) is 21.8 Å². The highest BCUT2D eigenvalue weighted by atomic mass is 33.1. The molecule has 2 aliphatic rings. The lowest BCUT2D eigenvalue weighted by atomic mass is 9.82. The summed E-state index contributed by atoms with van der Waals surface area (Å²) in [7, 11) is 1.89. The smallest absolute Gasteiger partial charge is 0.303 e. The fourth-order valence-electron chi connectivity index (χ4n) is 13.0. The largest absolute Gasteiger partial charge is 0.481 e. The Morgan fingerprint density at radius 2 is 0.963 bits per heavy atom. The van der Waals surface area contributed by atoms with E-state index in [4.69, 9.17) is 11.1 Å². The number of rotatable bonds is 22. The normalized spacial score (nSPS) is 24.3. The van der Waals surface area contributed by atoms with Crippen LogP contribution in [0.2, 0.25) is 0 Å². The molecule has 0 unspecified atom stereocenters. The fourth-order valence-corrected chi connectivity index (χ4v) is 15.5. The van der Waals surface area contributed by atoms with E-state index >= 15 is 28.8 Å². The minimum Gasteiger partial charge on any atom is -0.481 e. The molecule has 0 aliphatic carbocycles. The Morgan fingerprint density at radius 3 is 1.56 bits per heavy atom. The van der Waals surface area contributed by atoms with Crippen molar-refractivity contribution in [1.29, 1.82) is 5.41 Å². The molecule has 5 heterocycles. The highest BCUT2D eigenvalue weighted by molar-refractivity contribution is 8.76. The van der Waals surface area contributed by atoms with E-state index in [0.29, 0.717) is 44.9 Å². The Balaban J connectivity index is 1.26. The van der Waals surface area contributed by atoms with E-state index in [1.807, 2.05) is 12.1 Å². The Kier molecular flexibility index (Phi) is 31.3. The third-order valence-corrected chi connectivity index (χ3v) is 21.7. The number of aromatic nitrogens is 4. The maximum absolute atomic E-state index is 15.6. The Labute approximate surface area is 634 Å². The van der Waals surface area contributed by atoms with Gasteiger partial charge in [0.15, 0.2) is 5.78 Å². The van der Waals surface area contributed by atoms with E-state index in [0.717, 1.165) is 21.6 Å². The van der Waals surface area contributed by atoms with Gasteiger partial charge in [0.1, 0.15) is 59.6 Å². The predicted molar refractivity (Wildman–Crippen MR) is 402 cm³/mol. The number of benzene rings is 3. The number of nitrogens with two attached hydrogens (primary N) is 1. The molecule has 12 atom stereocenters. The van der Waals surface area contributed by atoms with Crippen LogP contribution >= 0.6 is 21.6 Å². The summed E-state index contributed by atoms with van der Waals surface area (Å²) in [6.45, 7) is 2.65. The highest BCUT2D eigenvalue weighted by Gasteiger charge is 2.39. The molecule has 2 saturated heterocycles. The number of imidazole rings is 1. The summed E-state index contributed by atoms with van der Waals surface area (Å²) in [4.78, 5) is 229. The first-order chi connectivity index (χ1) is 52.1. The van der Waals surface area contributed by atoms with Crippen molar-refractivity contribution >= 4 is 138 Å². The van der Waals surface area contributed by atoms with Crippen LogP contribution in [0.5, 0.6) is 0 Å². The van der Waals surface area contributed by atoms with Gasteiger partial charge >= 0.3 is 17.9 Å². The number of aliphatic carboxylic acids is 3. The number of amidine groups is 1. The number of hydrogen-bond acceptors (Lipinski definition) is 19. The van der Waals surface area contributed by atoms with Gasteiger partial charge in [-0.2, -0.15) is 0 Å². The van der Waals surface area contributed by atoms with Crippen molar-refractivity contribution in [3.63, 3.8) is 0 Å². The second-order valence-corrected chi connectivity index (χ2v) is 30.1. The van der Waals surface area contributed by atoms with E-state index in [-0.39, 0.29) is 62.2 Å². The number of carbonyl (C=O) groups excluding carboxylic acids is 12. The first kappa shape index (κ1) is 83.6. The van der Waals surface area contributed by atoms with E-state index in [2.05, 4.69) is 62.5 Å². The minimum atomic E-state index is -1.85. The first-order valence-electron chi connectivity index (χ1n) is 36.0. The summed E-state index contributed by atoms with van der Waals surface area (Å²) < 4.78 is 0. The molecule has 3 aromatic carbocycles. The van der Waals surface area contributed by atoms with E-state index < -0.39 is 230 Å². The standard InChI is InChI=1S/C75H92N14O18S2/c1-40-26-61(91)47-32-62(92)44(28-45-34-79-51-16-8-6-14-49(45)51)31-63(93)53(18-10-11-19-64(76)77)83-72(104)56(27-42-12-4-3-5-13-42)87-74(106)58(33-48-36-78-39-81-48)86-68(100)41(2)82-75(107)59(38-109-108-37-47)89-73(105)57(29-46-35-80-52-17-9-7-15-50(46)52)88-71(103)55(22-25-67(98)99)85-70(102)54(21-24-66(96)97)84-69(101)43(30-60(40)90)20-23-65(94)95/h3-9,12-17,34-36,39-41,43-44,47,53-59,79-80H,10-11,18-33,37-38H2,1-2H3,(H3,76,77)(H,78,81)(H,82,107)(H,83,104)(H,84,101)(H,85,102)(H,86,100)(H,87,106)(H,88,103)(H,89,105)(H,94,95)(H,96,97)(H,98,99)/t40-,41+,43-,44-,47+,53+,54+,55+,56-,57+,58+,59+/m1/s1. The minimum absolute atomic E-state index is 0.0322. The molecule has 0 spiro atoms. The zero-order valence-electron chi connectivity index (χ0n) is 60.2. The van der Waals surface area contributed by atoms with Crippen molar-refractivity contribution < 1.29 is 87.2 Å². The van der Waals surface area contributed by atoms with Crippen LogP contribution in [0.1, 0.15) is 126 Å². The number of nitrogens with zero attached hydrogens (tertiary/aromatic N) is 1. The maximum Gasteiger partial charge on any atom is 0.303 e. The van der Waals surface area contributed by atoms with Crippen LogP contribution in [-0.4, -0.2) is 189 Å². The number of carboxylic acid groups (broad SMARTS) is 3. The lowest BCUT2D eigenvalue weighted by Crippen LogP contribution is -2.61. The quantitative estimate of drug-likeness (QED) is 0.0200. The van der Waals surface area contributed by atoms with Gasteiger partial charge in [0, 0.05) is 146 Å². The Bertz CT molecular complexity index is 4300. The van der Waals surface area contributed by atoms with E-state index in [1.54, 1.807) is 79.1 Å². The molecule has 6 aromatic rings. The summed E-state index contributed by atoms with van der Waals surface area (Å²) in [6, 6.07) is 9.68. The molecular weight excluding hydrogens is 1450 g/mol. The average Bonchev–Trinajstić information content (AvgIpc) is 1.63. The molecule has 2 fully saturated rings. The van der Waals surface area contributed by atoms with Crippen molar-refractivity contribution in [2.24, 2.45) is 29.4 Å². The molecule has 32 nitrogen and oxygen atoms in total. The number of hydrogen-bond donors (Lipinski definition) is 16. The van der Waals surface area contributed by atoms with Gasteiger partial charge in [-0.1, -0.05) is 102 Å². The number of unbranched alkanes of at least 4 members (excludes halogenated alkanes) is 1. The summed E-state index contributed by atoms with van der Waals surface area (Å²) in [5.41, 5.74) is 8.91. The number of Topliss-reactive ketones (excluding diaryl/α,β-unsaturated/α-hetero) is 4. The lowest BCUT2D eigenvalue weighted by Gasteiger charge is -2.28. The molecule has 3 aromatic heterocycles. The van der Waals surface area contributed by atoms with E-state index in [9.17, 15) is 58.5 Å². The summed E-state index contributed by atoms with van der Waals surface area (Å²) in [5, 5.41) is 59.7.